The number of nitrogens with zero attached hydrogens (tertiary/aromatic N) is 1. The molecule has 0 heterocycles. The monoisotopic (exact) mass is 278 g/mol. The summed E-state index contributed by atoms with van der Waals surface area (Å²) in [5.74, 6) is 5.91. The van der Waals surface area contributed by atoms with Crippen LogP contribution >= 0.6 is 0 Å². The number of rotatable bonds is 4. The van der Waals surface area contributed by atoms with Gasteiger partial charge < -0.3 is 5.73 Å². The molecule has 0 radical (unpaired) electrons. The number of hydrogen-bond acceptors (Lipinski definition) is 2. The fourth-order valence-corrected chi connectivity index (χ4v) is 2.34. The highest BCUT2D eigenvalue weighted by molar-refractivity contribution is 5.36. The Hall–Kier alpha value is -2.08. The summed E-state index contributed by atoms with van der Waals surface area (Å²) < 4.78 is 0. The number of hydrogen-bond donors (Lipinski definition) is 1. The smallest absolute Gasteiger partial charge is 0.0555 e. The molecule has 0 aliphatic carbocycles. The van der Waals surface area contributed by atoms with Crippen LogP contribution in [0.3, 0.4) is 0 Å². The summed E-state index contributed by atoms with van der Waals surface area (Å²) in [5.41, 5.74) is 10.3. The second kappa shape index (κ2) is 7.64. The lowest BCUT2D eigenvalue weighted by molar-refractivity contribution is 0.319. The number of benzene rings is 2. The van der Waals surface area contributed by atoms with Crippen LogP contribution in [-0.4, -0.2) is 18.5 Å². The summed E-state index contributed by atoms with van der Waals surface area (Å²) in [6.07, 6.45) is 0. The Morgan fingerprint density at radius 1 is 1.00 bits per heavy atom. The largest absolute Gasteiger partial charge is 0.320 e. The van der Waals surface area contributed by atoms with Gasteiger partial charge in [-0.2, -0.15) is 0 Å². The molecule has 2 N–H and O–H groups in total. The van der Waals surface area contributed by atoms with Crippen LogP contribution in [0.4, 0.5) is 0 Å². The second-order valence-corrected chi connectivity index (χ2v) is 5.36. The average molecular weight is 278 g/mol. The van der Waals surface area contributed by atoms with Gasteiger partial charge >= 0.3 is 0 Å². The first-order chi connectivity index (χ1) is 10.2. The van der Waals surface area contributed by atoms with E-state index < -0.39 is 0 Å². The molecule has 0 unspecified atom stereocenters. The molecule has 2 nitrogen and oxygen atoms in total. The highest BCUT2D eigenvalue weighted by Gasteiger charge is 2.02. The molecule has 21 heavy (non-hydrogen) atoms. The lowest BCUT2D eigenvalue weighted by Gasteiger charge is -2.17. The third-order valence-electron chi connectivity index (χ3n) is 3.28. The Kier molecular flexibility index (Phi) is 5.57. The predicted octanol–water partition coefficient (Wildman–Crippen LogP) is 2.94. The zero-order valence-electron chi connectivity index (χ0n) is 12.8. The van der Waals surface area contributed by atoms with Crippen LogP contribution in [-0.2, 0) is 13.1 Å². The molecule has 0 atom stereocenters. The van der Waals surface area contributed by atoms with Crippen LogP contribution in [0.25, 0.3) is 0 Å². The fourth-order valence-electron chi connectivity index (χ4n) is 2.34. The lowest BCUT2D eigenvalue weighted by atomic mass is 10.1. The van der Waals surface area contributed by atoms with Crippen LogP contribution < -0.4 is 5.73 Å². The summed E-state index contributed by atoms with van der Waals surface area (Å²) in [6, 6.07) is 17.0. The predicted molar refractivity (Wildman–Crippen MR) is 88.7 cm³/mol. The van der Waals surface area contributed by atoms with Crippen LogP contribution in [0, 0.1) is 18.8 Å². The van der Waals surface area contributed by atoms with Crippen molar-refractivity contribution >= 4 is 0 Å². The summed E-state index contributed by atoms with van der Waals surface area (Å²) in [5, 5.41) is 0. The maximum Gasteiger partial charge on any atom is 0.0555 e. The maximum atomic E-state index is 5.38. The van der Waals surface area contributed by atoms with Crippen molar-refractivity contribution in [2.75, 3.05) is 13.6 Å². The first kappa shape index (κ1) is 15.3. The minimum absolute atomic E-state index is 0.404. The minimum Gasteiger partial charge on any atom is -0.320 e. The van der Waals surface area contributed by atoms with E-state index in [1.165, 1.54) is 16.7 Å². The van der Waals surface area contributed by atoms with Gasteiger partial charge in [-0.15, -0.1) is 0 Å². The van der Waals surface area contributed by atoms with E-state index in [4.69, 9.17) is 5.73 Å². The van der Waals surface area contributed by atoms with E-state index in [1.807, 2.05) is 0 Å². The molecule has 0 aromatic heterocycles. The summed E-state index contributed by atoms with van der Waals surface area (Å²) >= 11 is 0. The highest BCUT2D eigenvalue weighted by Crippen LogP contribution is 2.10. The quantitative estimate of drug-likeness (QED) is 0.871. The standard InChI is InChI=1S/C19H22N2/c1-16-5-3-6-19(13-16)15-21(2)14-18-10-8-17(9-11-18)7-4-12-20/h3,5-6,8-11,13H,12,14-15,20H2,1-2H3. The van der Waals surface area contributed by atoms with E-state index in [0.29, 0.717) is 6.54 Å². The van der Waals surface area contributed by atoms with E-state index in [9.17, 15) is 0 Å². The van der Waals surface area contributed by atoms with Crippen LogP contribution in [0.1, 0.15) is 22.3 Å². The first-order valence-electron chi connectivity index (χ1n) is 7.19. The van der Waals surface area contributed by atoms with E-state index in [0.717, 1.165) is 18.7 Å². The van der Waals surface area contributed by atoms with Crippen molar-refractivity contribution in [3.05, 3.63) is 70.8 Å². The molecule has 2 rings (SSSR count). The topological polar surface area (TPSA) is 29.3 Å². The van der Waals surface area contributed by atoms with E-state index in [-0.39, 0.29) is 0 Å². The van der Waals surface area contributed by atoms with Gasteiger partial charge in [0.1, 0.15) is 0 Å². The van der Waals surface area contributed by atoms with Crippen molar-refractivity contribution < 1.29 is 0 Å². The van der Waals surface area contributed by atoms with Gasteiger partial charge in [0.15, 0.2) is 0 Å². The molecule has 0 aliphatic rings. The van der Waals surface area contributed by atoms with E-state index in [2.05, 4.69) is 79.2 Å². The van der Waals surface area contributed by atoms with Crippen LogP contribution in [0.15, 0.2) is 48.5 Å². The van der Waals surface area contributed by atoms with Crippen molar-refractivity contribution in [1.29, 1.82) is 0 Å². The Balaban J connectivity index is 1.94. The van der Waals surface area contributed by atoms with Crippen LogP contribution in [0.2, 0.25) is 0 Å². The fraction of sp³-hybridized carbons (Fsp3) is 0.263. The molecule has 0 amide bonds. The zero-order valence-corrected chi connectivity index (χ0v) is 12.8. The Bertz CT molecular complexity index is 633. The SMILES string of the molecule is Cc1cccc(CN(C)Cc2ccc(C#CCN)cc2)c1. The van der Waals surface area contributed by atoms with Crippen LogP contribution in [0.5, 0.6) is 0 Å². The molecule has 2 heteroatoms. The van der Waals surface area contributed by atoms with E-state index in [1.54, 1.807) is 0 Å². The van der Waals surface area contributed by atoms with Gasteiger partial charge in [0.2, 0.25) is 0 Å². The number of aryl methyl sites for hydroxylation is 1. The van der Waals surface area contributed by atoms with Crippen molar-refractivity contribution in [3.63, 3.8) is 0 Å². The average Bonchev–Trinajstić information content (AvgIpc) is 2.46. The second-order valence-electron chi connectivity index (χ2n) is 5.36. The molecule has 0 fully saturated rings. The lowest BCUT2D eigenvalue weighted by Crippen LogP contribution is -2.17. The summed E-state index contributed by atoms with van der Waals surface area (Å²) in [6.45, 7) is 4.42. The molecule has 0 spiro atoms. The number of nitrogens with two attached hydrogens (primary N) is 1. The van der Waals surface area contributed by atoms with E-state index >= 15 is 0 Å². The van der Waals surface area contributed by atoms with Gasteiger partial charge in [-0.25, -0.2) is 0 Å². The maximum absolute atomic E-state index is 5.38. The normalized spacial score (nSPS) is 10.3. The van der Waals surface area contributed by atoms with Gasteiger partial charge in [-0.1, -0.05) is 53.8 Å². The molecule has 108 valence electrons. The van der Waals surface area contributed by atoms with Gasteiger partial charge in [0.05, 0.1) is 6.54 Å². The molecule has 0 saturated carbocycles. The van der Waals surface area contributed by atoms with Crippen molar-refractivity contribution in [3.8, 4) is 11.8 Å². The first-order valence-corrected chi connectivity index (χ1v) is 7.19. The zero-order chi connectivity index (χ0) is 15.1. The van der Waals surface area contributed by atoms with Crippen molar-refractivity contribution in [1.82, 2.24) is 4.90 Å². The summed E-state index contributed by atoms with van der Waals surface area (Å²) in [7, 11) is 2.14. The molecule has 0 saturated heterocycles. The molecular weight excluding hydrogens is 256 g/mol. The van der Waals surface area contributed by atoms with Gasteiger partial charge in [-0.3, -0.25) is 4.90 Å². The van der Waals surface area contributed by atoms with Gasteiger partial charge in [0.25, 0.3) is 0 Å². The Morgan fingerprint density at radius 2 is 1.71 bits per heavy atom. The molecule has 0 bridgehead atoms. The molecule has 2 aromatic carbocycles. The highest BCUT2D eigenvalue weighted by atomic mass is 15.1. The third-order valence-corrected chi connectivity index (χ3v) is 3.28. The Morgan fingerprint density at radius 3 is 2.38 bits per heavy atom. The van der Waals surface area contributed by atoms with Crippen molar-refractivity contribution in [2.24, 2.45) is 5.73 Å². The Labute approximate surface area is 127 Å². The minimum atomic E-state index is 0.404. The van der Waals surface area contributed by atoms with Crippen molar-refractivity contribution in [2.45, 2.75) is 20.0 Å². The molecular formula is C19H22N2. The third kappa shape index (κ3) is 5.07. The van der Waals surface area contributed by atoms with Gasteiger partial charge in [0, 0.05) is 18.7 Å². The molecule has 0 aliphatic heterocycles. The molecule has 2 aromatic rings. The summed E-state index contributed by atoms with van der Waals surface area (Å²) in [4.78, 5) is 2.31. The van der Waals surface area contributed by atoms with Gasteiger partial charge in [-0.05, 0) is 37.2 Å².